The Morgan fingerprint density at radius 3 is 2.93 bits per heavy atom. The molecule has 0 radical (unpaired) electrons. The molecule has 140 valence electrons. The van der Waals surface area contributed by atoms with Gasteiger partial charge in [0, 0.05) is 25.8 Å². The molecular weight excluding hydrogens is 340 g/mol. The van der Waals surface area contributed by atoms with Gasteiger partial charge < -0.3 is 15.0 Å². The predicted octanol–water partition coefficient (Wildman–Crippen LogP) is 2.54. The van der Waals surface area contributed by atoms with E-state index < -0.39 is 0 Å². The molecule has 0 spiro atoms. The fraction of sp³-hybridized carbons (Fsp3) is 0.381. The first-order chi connectivity index (χ1) is 13.2. The number of nitrogens with one attached hydrogen (secondary N) is 1. The lowest BCUT2D eigenvalue weighted by Gasteiger charge is -2.34. The molecule has 1 saturated heterocycles. The molecule has 1 aromatic heterocycles. The van der Waals surface area contributed by atoms with Gasteiger partial charge in [0.25, 0.3) is 0 Å². The van der Waals surface area contributed by atoms with Gasteiger partial charge in [0.15, 0.2) is 0 Å². The van der Waals surface area contributed by atoms with Crippen LogP contribution in [-0.2, 0) is 11.2 Å². The second kappa shape index (κ2) is 9.04. The molecule has 1 amide bonds. The van der Waals surface area contributed by atoms with E-state index in [1.807, 2.05) is 24.3 Å². The number of pyridine rings is 1. The van der Waals surface area contributed by atoms with Crippen LogP contribution in [0.15, 0.2) is 42.6 Å². The average molecular weight is 364 g/mol. The Balaban J connectivity index is 1.51. The van der Waals surface area contributed by atoms with Crippen molar-refractivity contribution in [2.24, 2.45) is 5.92 Å². The SMILES string of the molecule is COc1ccc(CC(=O)NCC2CCCN(c3ncccc3C#N)C2)cc1. The molecule has 2 aromatic rings. The minimum atomic E-state index is 0.0211. The Hall–Kier alpha value is -3.07. The number of nitrogens with zero attached hydrogens (tertiary/aromatic N) is 3. The zero-order chi connectivity index (χ0) is 19.1. The first-order valence-electron chi connectivity index (χ1n) is 9.19. The van der Waals surface area contributed by atoms with Crippen LogP contribution in [0.2, 0.25) is 0 Å². The van der Waals surface area contributed by atoms with Gasteiger partial charge in [-0.1, -0.05) is 12.1 Å². The molecule has 1 fully saturated rings. The molecule has 0 bridgehead atoms. The first kappa shape index (κ1) is 18.7. The maximum atomic E-state index is 12.3. The minimum absolute atomic E-state index is 0.0211. The number of rotatable bonds is 6. The number of carbonyl (C=O) groups excluding carboxylic acids is 1. The number of hydrogen-bond acceptors (Lipinski definition) is 5. The van der Waals surface area contributed by atoms with Gasteiger partial charge in [-0.2, -0.15) is 5.26 Å². The fourth-order valence-electron chi connectivity index (χ4n) is 3.41. The van der Waals surface area contributed by atoms with Crippen LogP contribution in [0.1, 0.15) is 24.0 Å². The maximum absolute atomic E-state index is 12.3. The number of amides is 1. The van der Waals surface area contributed by atoms with Crippen molar-refractivity contribution < 1.29 is 9.53 Å². The Kier molecular flexibility index (Phi) is 6.26. The molecule has 0 saturated carbocycles. The molecule has 0 aliphatic carbocycles. The predicted molar refractivity (Wildman–Crippen MR) is 104 cm³/mol. The van der Waals surface area contributed by atoms with E-state index in [4.69, 9.17) is 4.74 Å². The van der Waals surface area contributed by atoms with Gasteiger partial charge in [-0.15, -0.1) is 0 Å². The summed E-state index contributed by atoms with van der Waals surface area (Å²) < 4.78 is 5.13. The van der Waals surface area contributed by atoms with Crippen molar-refractivity contribution in [3.05, 3.63) is 53.7 Å². The van der Waals surface area contributed by atoms with Crippen LogP contribution in [0.3, 0.4) is 0 Å². The number of piperidine rings is 1. The summed E-state index contributed by atoms with van der Waals surface area (Å²) in [6, 6.07) is 13.3. The van der Waals surface area contributed by atoms with Crippen molar-refractivity contribution in [3.8, 4) is 11.8 Å². The van der Waals surface area contributed by atoms with E-state index >= 15 is 0 Å². The van der Waals surface area contributed by atoms with Crippen LogP contribution in [0.4, 0.5) is 5.82 Å². The number of carbonyl (C=O) groups is 1. The largest absolute Gasteiger partial charge is 0.497 e. The standard InChI is InChI=1S/C21H24N4O2/c1-27-19-8-6-16(7-9-19)12-20(26)24-14-17-4-3-11-25(15-17)21-18(13-22)5-2-10-23-21/h2,5-10,17H,3-4,11-12,14-15H2,1H3,(H,24,26). The molecular formula is C21H24N4O2. The van der Waals surface area contributed by atoms with E-state index in [0.717, 1.165) is 43.1 Å². The Morgan fingerprint density at radius 1 is 1.37 bits per heavy atom. The lowest BCUT2D eigenvalue weighted by Crippen LogP contribution is -2.41. The summed E-state index contributed by atoms with van der Waals surface area (Å²) in [6.45, 7) is 2.33. The van der Waals surface area contributed by atoms with Crippen LogP contribution in [0.25, 0.3) is 0 Å². The van der Waals surface area contributed by atoms with Crippen molar-refractivity contribution in [2.75, 3.05) is 31.6 Å². The van der Waals surface area contributed by atoms with E-state index in [2.05, 4.69) is 21.3 Å². The average Bonchev–Trinajstić information content (AvgIpc) is 2.73. The van der Waals surface area contributed by atoms with E-state index in [1.165, 1.54) is 0 Å². The summed E-state index contributed by atoms with van der Waals surface area (Å²) in [7, 11) is 1.62. The lowest BCUT2D eigenvalue weighted by molar-refractivity contribution is -0.120. The molecule has 1 N–H and O–H groups in total. The van der Waals surface area contributed by atoms with Gasteiger partial charge in [0.05, 0.1) is 19.1 Å². The van der Waals surface area contributed by atoms with Crippen molar-refractivity contribution in [3.63, 3.8) is 0 Å². The first-order valence-corrected chi connectivity index (χ1v) is 9.19. The number of hydrogen-bond donors (Lipinski definition) is 1. The molecule has 6 nitrogen and oxygen atoms in total. The Morgan fingerprint density at radius 2 is 2.19 bits per heavy atom. The summed E-state index contributed by atoms with van der Waals surface area (Å²) >= 11 is 0. The molecule has 27 heavy (non-hydrogen) atoms. The normalized spacial score (nSPS) is 16.4. The third kappa shape index (κ3) is 4.98. The molecule has 1 aliphatic rings. The molecule has 3 rings (SSSR count). The fourth-order valence-corrected chi connectivity index (χ4v) is 3.41. The van der Waals surface area contributed by atoms with Crippen LogP contribution < -0.4 is 15.0 Å². The Bertz CT molecular complexity index is 814. The highest BCUT2D eigenvalue weighted by molar-refractivity contribution is 5.78. The van der Waals surface area contributed by atoms with Crippen LogP contribution in [0, 0.1) is 17.2 Å². The minimum Gasteiger partial charge on any atom is -0.497 e. The zero-order valence-corrected chi connectivity index (χ0v) is 15.5. The third-order valence-electron chi connectivity index (χ3n) is 4.84. The van der Waals surface area contributed by atoms with Gasteiger partial charge >= 0.3 is 0 Å². The number of nitriles is 1. The van der Waals surface area contributed by atoms with E-state index in [1.54, 1.807) is 25.4 Å². The summed E-state index contributed by atoms with van der Waals surface area (Å²) in [6.07, 6.45) is 4.17. The van der Waals surface area contributed by atoms with Gasteiger partial charge in [-0.3, -0.25) is 4.79 Å². The summed E-state index contributed by atoms with van der Waals surface area (Å²) in [5.74, 6) is 1.90. The Labute approximate surface area is 159 Å². The molecule has 1 unspecified atom stereocenters. The number of ether oxygens (including phenoxy) is 1. The van der Waals surface area contributed by atoms with Crippen LogP contribution in [-0.4, -0.2) is 37.6 Å². The zero-order valence-electron chi connectivity index (χ0n) is 15.5. The monoisotopic (exact) mass is 364 g/mol. The number of anilines is 1. The van der Waals surface area contributed by atoms with Crippen LogP contribution in [0.5, 0.6) is 5.75 Å². The van der Waals surface area contributed by atoms with Crippen molar-refractivity contribution in [1.29, 1.82) is 5.26 Å². The van der Waals surface area contributed by atoms with Crippen molar-refractivity contribution >= 4 is 11.7 Å². The molecule has 1 aliphatic heterocycles. The highest BCUT2D eigenvalue weighted by Crippen LogP contribution is 2.23. The van der Waals surface area contributed by atoms with Crippen LogP contribution >= 0.6 is 0 Å². The van der Waals surface area contributed by atoms with Gasteiger partial charge in [-0.25, -0.2) is 4.98 Å². The number of aromatic nitrogens is 1. The second-order valence-corrected chi connectivity index (χ2v) is 6.77. The lowest BCUT2D eigenvalue weighted by atomic mass is 9.97. The summed E-state index contributed by atoms with van der Waals surface area (Å²) in [5, 5.41) is 12.3. The molecule has 6 heteroatoms. The van der Waals surface area contributed by atoms with E-state index in [0.29, 0.717) is 24.4 Å². The van der Waals surface area contributed by atoms with Crippen molar-refractivity contribution in [1.82, 2.24) is 10.3 Å². The molecule has 1 atom stereocenters. The smallest absolute Gasteiger partial charge is 0.224 e. The topological polar surface area (TPSA) is 78.2 Å². The summed E-state index contributed by atoms with van der Waals surface area (Å²) in [4.78, 5) is 18.8. The quantitative estimate of drug-likeness (QED) is 0.852. The van der Waals surface area contributed by atoms with Gasteiger partial charge in [-0.05, 0) is 48.6 Å². The molecule has 1 aromatic carbocycles. The van der Waals surface area contributed by atoms with Gasteiger partial charge in [0.1, 0.15) is 17.6 Å². The highest BCUT2D eigenvalue weighted by atomic mass is 16.5. The van der Waals surface area contributed by atoms with E-state index in [-0.39, 0.29) is 5.91 Å². The third-order valence-corrected chi connectivity index (χ3v) is 4.84. The molecule has 2 heterocycles. The van der Waals surface area contributed by atoms with E-state index in [9.17, 15) is 10.1 Å². The van der Waals surface area contributed by atoms with Gasteiger partial charge in [0.2, 0.25) is 5.91 Å². The highest BCUT2D eigenvalue weighted by Gasteiger charge is 2.23. The number of benzene rings is 1. The number of methoxy groups -OCH3 is 1. The van der Waals surface area contributed by atoms with Crippen molar-refractivity contribution in [2.45, 2.75) is 19.3 Å². The summed E-state index contributed by atoms with van der Waals surface area (Å²) in [5.41, 5.74) is 1.56. The second-order valence-electron chi connectivity index (χ2n) is 6.77. The maximum Gasteiger partial charge on any atom is 0.224 e.